The average molecular weight is 527 g/mol. The number of hydrogen-bond donors (Lipinski definition) is 3. The van der Waals surface area contributed by atoms with Gasteiger partial charge in [-0.2, -0.15) is 0 Å². The quantitative estimate of drug-likeness (QED) is 0.292. The highest BCUT2D eigenvalue weighted by molar-refractivity contribution is 7.99. The van der Waals surface area contributed by atoms with Crippen LogP contribution in [0.1, 0.15) is 27.0 Å². The van der Waals surface area contributed by atoms with Gasteiger partial charge >= 0.3 is 0 Å². The highest BCUT2D eigenvalue weighted by Crippen LogP contribution is 2.40. The topological polar surface area (TPSA) is 82.6 Å². The van der Waals surface area contributed by atoms with Crippen LogP contribution in [0.3, 0.4) is 0 Å². The second kappa shape index (κ2) is 11.3. The van der Waals surface area contributed by atoms with E-state index in [-0.39, 0.29) is 12.3 Å². The third kappa shape index (κ3) is 6.20. The van der Waals surface area contributed by atoms with Crippen LogP contribution >= 0.6 is 23.4 Å². The van der Waals surface area contributed by atoms with Crippen molar-refractivity contribution in [2.45, 2.75) is 22.8 Å². The van der Waals surface area contributed by atoms with Crippen molar-refractivity contribution in [3.63, 3.8) is 0 Å². The summed E-state index contributed by atoms with van der Waals surface area (Å²) < 4.78 is 0. The maximum atomic E-state index is 12.8. The summed E-state index contributed by atoms with van der Waals surface area (Å²) in [7, 11) is 0. The zero-order valence-electron chi connectivity index (χ0n) is 19.7. The molecule has 184 valence electrons. The summed E-state index contributed by atoms with van der Waals surface area (Å²) in [6.07, 6.45) is 0.174. The lowest BCUT2D eigenvalue weighted by Gasteiger charge is -2.11. The van der Waals surface area contributed by atoms with Gasteiger partial charge in [0.1, 0.15) is 5.84 Å². The zero-order valence-corrected chi connectivity index (χ0v) is 21.3. The molecule has 6 nitrogen and oxygen atoms in total. The molecule has 4 aromatic carbocycles. The number of hydrazine groups is 1. The molecule has 1 aliphatic rings. The van der Waals surface area contributed by atoms with E-state index in [1.54, 1.807) is 23.9 Å². The Bertz CT molecular complexity index is 1470. The van der Waals surface area contributed by atoms with Gasteiger partial charge in [-0.15, -0.1) is 0 Å². The van der Waals surface area contributed by atoms with Crippen molar-refractivity contribution in [3.05, 3.63) is 124 Å². The van der Waals surface area contributed by atoms with E-state index in [0.29, 0.717) is 28.7 Å². The Kier molecular flexibility index (Phi) is 7.54. The Balaban J connectivity index is 1.34. The first-order valence-corrected chi connectivity index (χ1v) is 12.9. The predicted octanol–water partition coefficient (Wildman–Crippen LogP) is 5.68. The Morgan fingerprint density at radius 1 is 0.784 bits per heavy atom. The Hall–Kier alpha value is -4.07. The highest BCUT2D eigenvalue weighted by atomic mass is 35.5. The van der Waals surface area contributed by atoms with Crippen LogP contribution in [0.15, 0.2) is 112 Å². The van der Waals surface area contributed by atoms with Crippen molar-refractivity contribution in [3.8, 4) is 0 Å². The van der Waals surface area contributed by atoms with Crippen LogP contribution < -0.4 is 16.2 Å². The molecule has 3 N–H and O–H groups in total. The standard InChI is InChI=1S/C29H23ClN4O2S/c30-22-13-10-20(11-14-22)18-31-28-23-8-4-5-9-25(23)37-26-15-12-21(17-24(26)32-28)29(36)34-33-27(35)16-19-6-2-1-3-7-19/h1-15,17H,16,18H2,(H,31,32)(H,33,35)(H,34,36). The molecule has 0 bridgehead atoms. The molecule has 0 atom stereocenters. The van der Waals surface area contributed by atoms with Crippen LogP contribution in [0.5, 0.6) is 0 Å². The molecule has 0 aliphatic carbocycles. The van der Waals surface area contributed by atoms with Crippen LogP contribution in [-0.2, 0) is 17.8 Å². The molecule has 0 radical (unpaired) electrons. The first-order chi connectivity index (χ1) is 18.0. The van der Waals surface area contributed by atoms with Gasteiger partial charge in [-0.1, -0.05) is 84.0 Å². The van der Waals surface area contributed by atoms with E-state index < -0.39 is 5.91 Å². The fourth-order valence-corrected chi connectivity index (χ4v) is 4.96. The number of amidine groups is 1. The van der Waals surface area contributed by atoms with E-state index in [2.05, 4.69) is 22.2 Å². The summed E-state index contributed by atoms with van der Waals surface area (Å²) in [4.78, 5) is 31.9. The Morgan fingerprint density at radius 3 is 2.35 bits per heavy atom. The number of benzene rings is 4. The normalized spacial score (nSPS) is 11.9. The van der Waals surface area contributed by atoms with E-state index in [0.717, 1.165) is 26.5 Å². The molecule has 0 fully saturated rings. The number of amides is 2. The summed E-state index contributed by atoms with van der Waals surface area (Å²) in [6.45, 7) is 0.567. The number of halogens is 1. The molecule has 4 aromatic rings. The fourth-order valence-electron chi connectivity index (χ4n) is 3.83. The van der Waals surface area contributed by atoms with E-state index >= 15 is 0 Å². The van der Waals surface area contributed by atoms with Crippen LogP contribution in [0.25, 0.3) is 0 Å². The lowest BCUT2D eigenvalue weighted by molar-refractivity contribution is -0.121. The van der Waals surface area contributed by atoms with Gasteiger partial charge in [0.05, 0.1) is 12.1 Å². The van der Waals surface area contributed by atoms with Crippen molar-refractivity contribution >= 4 is 46.7 Å². The zero-order chi connectivity index (χ0) is 25.6. The second-order valence-electron chi connectivity index (χ2n) is 8.39. The minimum Gasteiger partial charge on any atom is -0.365 e. The fraction of sp³-hybridized carbons (Fsp3) is 0.0690. The van der Waals surface area contributed by atoms with Crippen molar-refractivity contribution in [2.75, 3.05) is 0 Å². The molecule has 5 rings (SSSR count). The van der Waals surface area contributed by atoms with Crippen molar-refractivity contribution in [1.82, 2.24) is 16.2 Å². The number of carbonyl (C=O) groups excluding carboxylic acids is 2. The van der Waals surface area contributed by atoms with Gasteiger partial charge in [0.2, 0.25) is 5.91 Å². The van der Waals surface area contributed by atoms with Gasteiger partial charge in [0.15, 0.2) is 0 Å². The predicted molar refractivity (Wildman–Crippen MR) is 147 cm³/mol. The number of aliphatic imine (C=N–C) groups is 1. The molecule has 0 saturated carbocycles. The maximum Gasteiger partial charge on any atom is 0.269 e. The number of hydrogen-bond acceptors (Lipinski definition) is 5. The summed E-state index contributed by atoms with van der Waals surface area (Å²) in [5.74, 6) is -0.000565. The third-order valence-electron chi connectivity index (χ3n) is 5.71. The van der Waals surface area contributed by atoms with Gasteiger partial charge in [-0.25, -0.2) is 4.99 Å². The Labute approximate surface area is 224 Å². The molecule has 0 spiro atoms. The van der Waals surface area contributed by atoms with E-state index in [1.807, 2.05) is 78.9 Å². The minimum absolute atomic E-state index is 0.174. The van der Waals surface area contributed by atoms with Gasteiger partial charge in [0.25, 0.3) is 5.91 Å². The first-order valence-electron chi connectivity index (χ1n) is 11.7. The Morgan fingerprint density at radius 2 is 1.54 bits per heavy atom. The molecule has 0 unspecified atom stereocenters. The molecule has 8 heteroatoms. The van der Waals surface area contributed by atoms with E-state index in [9.17, 15) is 9.59 Å². The lowest BCUT2D eigenvalue weighted by Crippen LogP contribution is -2.42. The van der Waals surface area contributed by atoms with Crippen LogP contribution in [0.4, 0.5) is 5.69 Å². The molecule has 37 heavy (non-hydrogen) atoms. The van der Waals surface area contributed by atoms with Crippen LogP contribution in [0.2, 0.25) is 5.02 Å². The average Bonchev–Trinajstić information content (AvgIpc) is 3.08. The minimum atomic E-state index is -0.415. The molecule has 1 heterocycles. The number of carbonyl (C=O) groups is 2. The summed E-state index contributed by atoms with van der Waals surface area (Å²) in [6, 6.07) is 30.4. The molecular weight excluding hydrogens is 504 g/mol. The van der Waals surface area contributed by atoms with Crippen LogP contribution in [0, 0.1) is 0 Å². The van der Waals surface area contributed by atoms with Gasteiger partial charge in [-0.05, 0) is 47.5 Å². The largest absolute Gasteiger partial charge is 0.365 e. The molecule has 0 aromatic heterocycles. The monoisotopic (exact) mass is 526 g/mol. The van der Waals surface area contributed by atoms with Crippen LogP contribution in [-0.4, -0.2) is 17.6 Å². The molecule has 1 aliphatic heterocycles. The number of nitrogens with zero attached hydrogens (tertiary/aromatic N) is 1. The smallest absolute Gasteiger partial charge is 0.269 e. The van der Waals surface area contributed by atoms with Gasteiger partial charge in [0, 0.05) is 32.5 Å². The molecule has 2 amide bonds. The molecular formula is C29H23ClN4O2S. The number of fused-ring (bicyclic) bond motifs is 2. The van der Waals surface area contributed by atoms with Gasteiger partial charge in [-0.3, -0.25) is 20.4 Å². The maximum absolute atomic E-state index is 12.8. The first kappa shape index (κ1) is 24.6. The molecule has 0 saturated heterocycles. The summed E-state index contributed by atoms with van der Waals surface area (Å²) in [5, 5.41) is 4.13. The lowest BCUT2D eigenvalue weighted by atomic mass is 10.1. The van der Waals surface area contributed by atoms with Gasteiger partial charge < -0.3 is 5.32 Å². The van der Waals surface area contributed by atoms with E-state index in [4.69, 9.17) is 16.6 Å². The summed E-state index contributed by atoms with van der Waals surface area (Å²) >= 11 is 7.62. The number of rotatable bonds is 5. The summed E-state index contributed by atoms with van der Waals surface area (Å²) in [5.41, 5.74) is 8.97. The number of nitrogens with one attached hydrogen (secondary N) is 3. The second-order valence-corrected chi connectivity index (χ2v) is 9.91. The van der Waals surface area contributed by atoms with Crippen molar-refractivity contribution in [1.29, 1.82) is 0 Å². The van der Waals surface area contributed by atoms with Crippen molar-refractivity contribution in [2.24, 2.45) is 4.99 Å². The highest BCUT2D eigenvalue weighted by Gasteiger charge is 2.19. The van der Waals surface area contributed by atoms with E-state index in [1.165, 1.54) is 0 Å². The SMILES string of the molecule is O=C(Cc1ccccc1)NNC(=O)c1ccc2c(c1)N=C(NCc1ccc(Cl)cc1)c1ccccc1S2. The van der Waals surface area contributed by atoms with Crippen molar-refractivity contribution < 1.29 is 9.59 Å². The third-order valence-corrected chi connectivity index (χ3v) is 7.10.